The molecule has 6 rings (SSSR count). The SMILES string of the molecule is COc1cc2ncc3c(N)nc(-c4cncc(Nc5ccc(C(=O)Nc6ccccc6)cc5)c4)cc3c2cc1OC. The third-order valence-corrected chi connectivity index (χ3v) is 6.71. The Hall–Kier alpha value is -5.70. The van der Waals surface area contributed by atoms with Gasteiger partial charge < -0.3 is 25.8 Å². The zero-order valence-corrected chi connectivity index (χ0v) is 22.4. The number of hydrogen-bond donors (Lipinski definition) is 3. The number of anilines is 4. The van der Waals surface area contributed by atoms with Gasteiger partial charge in [-0.05, 0) is 60.0 Å². The molecule has 9 nitrogen and oxygen atoms in total. The molecule has 1 amide bonds. The zero-order chi connectivity index (χ0) is 28.3. The largest absolute Gasteiger partial charge is 0.493 e. The molecule has 3 heterocycles. The quantitative estimate of drug-likeness (QED) is 0.197. The van der Waals surface area contributed by atoms with E-state index in [2.05, 4.69) is 25.6 Å². The van der Waals surface area contributed by atoms with E-state index in [0.29, 0.717) is 28.6 Å². The van der Waals surface area contributed by atoms with Crippen LogP contribution in [0.1, 0.15) is 10.4 Å². The molecular formula is C32H26N6O3. The molecule has 41 heavy (non-hydrogen) atoms. The predicted molar refractivity (Wildman–Crippen MR) is 162 cm³/mol. The molecule has 202 valence electrons. The minimum Gasteiger partial charge on any atom is -0.493 e. The van der Waals surface area contributed by atoms with E-state index in [-0.39, 0.29) is 5.91 Å². The van der Waals surface area contributed by atoms with Crippen LogP contribution in [-0.2, 0) is 0 Å². The van der Waals surface area contributed by atoms with Crippen molar-refractivity contribution in [3.8, 4) is 22.8 Å². The van der Waals surface area contributed by atoms with E-state index in [1.165, 1.54) is 0 Å². The summed E-state index contributed by atoms with van der Waals surface area (Å²) in [7, 11) is 3.19. The Morgan fingerprint density at radius 1 is 0.756 bits per heavy atom. The number of benzene rings is 3. The number of nitrogens with zero attached hydrogens (tertiary/aromatic N) is 3. The number of ether oxygens (including phenoxy) is 2. The highest BCUT2D eigenvalue weighted by Crippen LogP contribution is 2.37. The second-order valence-corrected chi connectivity index (χ2v) is 9.32. The number of nitrogens with one attached hydrogen (secondary N) is 2. The Morgan fingerprint density at radius 3 is 2.27 bits per heavy atom. The zero-order valence-electron chi connectivity index (χ0n) is 22.4. The molecule has 0 aliphatic carbocycles. The highest BCUT2D eigenvalue weighted by molar-refractivity contribution is 6.10. The Labute approximate surface area is 236 Å². The standard InChI is InChI=1S/C32H26N6O3/c1-40-29-14-25-24-13-27(38-31(33)26(24)18-35-28(25)15-30(29)41-2)20-12-23(17-34-16-20)36-22-10-8-19(9-11-22)32(39)37-21-6-4-3-5-7-21/h3-18,36H,1-2H3,(H2,33,38)(H,37,39). The van der Waals surface area contributed by atoms with Crippen LogP contribution in [0.3, 0.4) is 0 Å². The van der Waals surface area contributed by atoms with Crippen molar-refractivity contribution in [1.29, 1.82) is 0 Å². The molecule has 0 atom stereocenters. The smallest absolute Gasteiger partial charge is 0.255 e. The van der Waals surface area contributed by atoms with E-state index in [9.17, 15) is 4.79 Å². The summed E-state index contributed by atoms with van der Waals surface area (Å²) >= 11 is 0. The van der Waals surface area contributed by atoms with Gasteiger partial charge in [-0.25, -0.2) is 4.98 Å². The summed E-state index contributed by atoms with van der Waals surface area (Å²) in [6.07, 6.45) is 5.18. The lowest BCUT2D eigenvalue weighted by atomic mass is 10.0. The lowest BCUT2D eigenvalue weighted by Gasteiger charge is -2.13. The highest BCUT2D eigenvalue weighted by atomic mass is 16.5. The lowest BCUT2D eigenvalue weighted by Crippen LogP contribution is -2.11. The second kappa shape index (κ2) is 10.8. The Balaban J connectivity index is 1.28. The molecule has 0 bridgehead atoms. The van der Waals surface area contributed by atoms with E-state index in [1.807, 2.05) is 66.7 Å². The number of carbonyl (C=O) groups excluding carboxylic acids is 1. The van der Waals surface area contributed by atoms with E-state index in [4.69, 9.17) is 15.2 Å². The van der Waals surface area contributed by atoms with Gasteiger partial charge in [0.15, 0.2) is 11.5 Å². The molecule has 0 fully saturated rings. The molecule has 9 heteroatoms. The van der Waals surface area contributed by atoms with Gasteiger partial charge in [0.25, 0.3) is 5.91 Å². The van der Waals surface area contributed by atoms with Crippen LogP contribution in [0.25, 0.3) is 32.9 Å². The third kappa shape index (κ3) is 5.16. The van der Waals surface area contributed by atoms with Gasteiger partial charge in [0, 0.05) is 51.7 Å². The molecule has 0 aliphatic heterocycles. The molecule has 6 aromatic rings. The van der Waals surface area contributed by atoms with Crippen molar-refractivity contribution in [2.45, 2.75) is 0 Å². The highest BCUT2D eigenvalue weighted by Gasteiger charge is 2.14. The maximum Gasteiger partial charge on any atom is 0.255 e. The fraction of sp³-hybridized carbons (Fsp3) is 0.0625. The average molecular weight is 543 g/mol. The first kappa shape index (κ1) is 25.6. The van der Waals surface area contributed by atoms with Crippen LogP contribution in [0.15, 0.2) is 97.5 Å². The van der Waals surface area contributed by atoms with Crippen molar-refractivity contribution in [1.82, 2.24) is 15.0 Å². The average Bonchev–Trinajstić information content (AvgIpc) is 3.01. The molecular weight excluding hydrogens is 516 g/mol. The summed E-state index contributed by atoms with van der Waals surface area (Å²) in [5.74, 6) is 1.39. The number of aromatic nitrogens is 3. The van der Waals surface area contributed by atoms with Crippen LogP contribution < -0.4 is 25.8 Å². The van der Waals surface area contributed by atoms with Gasteiger partial charge in [0.1, 0.15) is 5.82 Å². The van der Waals surface area contributed by atoms with Crippen LogP contribution >= 0.6 is 0 Å². The minimum atomic E-state index is -0.176. The summed E-state index contributed by atoms with van der Waals surface area (Å²) in [6.45, 7) is 0. The first-order valence-corrected chi connectivity index (χ1v) is 12.8. The van der Waals surface area contributed by atoms with E-state index in [1.54, 1.807) is 44.9 Å². The summed E-state index contributed by atoms with van der Waals surface area (Å²) < 4.78 is 11.0. The summed E-state index contributed by atoms with van der Waals surface area (Å²) in [6, 6.07) is 24.2. The Bertz CT molecular complexity index is 1890. The fourth-order valence-electron chi connectivity index (χ4n) is 4.65. The number of para-hydroxylation sites is 1. The van der Waals surface area contributed by atoms with Gasteiger partial charge in [-0.15, -0.1) is 0 Å². The number of carbonyl (C=O) groups is 1. The molecule has 0 radical (unpaired) electrons. The number of rotatable bonds is 7. The van der Waals surface area contributed by atoms with Crippen molar-refractivity contribution in [3.05, 3.63) is 103 Å². The Kier molecular flexibility index (Phi) is 6.75. The van der Waals surface area contributed by atoms with Crippen molar-refractivity contribution < 1.29 is 14.3 Å². The Morgan fingerprint density at radius 2 is 1.51 bits per heavy atom. The third-order valence-electron chi connectivity index (χ3n) is 6.71. The fourth-order valence-corrected chi connectivity index (χ4v) is 4.65. The van der Waals surface area contributed by atoms with Crippen LogP contribution in [0.4, 0.5) is 22.9 Å². The van der Waals surface area contributed by atoms with Crippen molar-refractivity contribution in [3.63, 3.8) is 0 Å². The van der Waals surface area contributed by atoms with E-state index >= 15 is 0 Å². The van der Waals surface area contributed by atoms with Gasteiger partial charge >= 0.3 is 0 Å². The van der Waals surface area contributed by atoms with Crippen LogP contribution in [-0.4, -0.2) is 35.1 Å². The number of amides is 1. The van der Waals surface area contributed by atoms with E-state index in [0.717, 1.165) is 44.3 Å². The maximum absolute atomic E-state index is 12.6. The molecule has 0 unspecified atom stereocenters. The number of nitrogen functional groups attached to an aromatic ring is 1. The van der Waals surface area contributed by atoms with Gasteiger partial charge in [0.05, 0.1) is 37.3 Å². The minimum absolute atomic E-state index is 0.176. The first-order valence-electron chi connectivity index (χ1n) is 12.8. The molecule has 3 aromatic heterocycles. The summed E-state index contributed by atoms with van der Waals surface area (Å²) in [5, 5.41) is 8.74. The van der Waals surface area contributed by atoms with E-state index < -0.39 is 0 Å². The van der Waals surface area contributed by atoms with Crippen LogP contribution in [0, 0.1) is 0 Å². The number of methoxy groups -OCH3 is 2. The molecule has 0 saturated heterocycles. The number of fused-ring (bicyclic) bond motifs is 3. The molecule has 0 spiro atoms. The number of hydrogen-bond acceptors (Lipinski definition) is 8. The number of pyridine rings is 3. The maximum atomic E-state index is 12.6. The van der Waals surface area contributed by atoms with Gasteiger partial charge in [-0.2, -0.15) is 0 Å². The van der Waals surface area contributed by atoms with Gasteiger partial charge in [-0.3, -0.25) is 14.8 Å². The normalized spacial score (nSPS) is 10.9. The topological polar surface area (TPSA) is 124 Å². The van der Waals surface area contributed by atoms with Gasteiger partial charge in [-0.1, -0.05) is 18.2 Å². The predicted octanol–water partition coefficient (Wildman–Crippen LogP) is 6.44. The van der Waals surface area contributed by atoms with Crippen LogP contribution in [0.5, 0.6) is 11.5 Å². The molecule has 4 N–H and O–H groups in total. The first-order chi connectivity index (χ1) is 20.0. The van der Waals surface area contributed by atoms with Crippen LogP contribution in [0.2, 0.25) is 0 Å². The summed E-state index contributed by atoms with van der Waals surface area (Å²) in [5.41, 5.74) is 11.5. The van der Waals surface area contributed by atoms with Crippen molar-refractivity contribution in [2.75, 3.05) is 30.6 Å². The molecule has 3 aromatic carbocycles. The number of nitrogens with two attached hydrogens (primary N) is 1. The van der Waals surface area contributed by atoms with Gasteiger partial charge in [0.2, 0.25) is 0 Å². The second-order valence-electron chi connectivity index (χ2n) is 9.32. The van der Waals surface area contributed by atoms with Crippen molar-refractivity contribution in [2.24, 2.45) is 0 Å². The summed E-state index contributed by atoms with van der Waals surface area (Å²) in [4.78, 5) is 26.2. The lowest BCUT2D eigenvalue weighted by molar-refractivity contribution is 0.102. The monoisotopic (exact) mass is 542 g/mol. The van der Waals surface area contributed by atoms with Crippen molar-refractivity contribution >= 4 is 50.5 Å². The molecule has 0 saturated carbocycles. The molecule has 0 aliphatic rings.